The average Bonchev–Trinajstić information content (AvgIpc) is 2.34. The molecule has 1 aromatic carbocycles. The van der Waals surface area contributed by atoms with Crippen molar-refractivity contribution in [2.45, 2.75) is 38.3 Å². The number of benzene rings is 1. The van der Waals surface area contributed by atoms with Crippen LogP contribution in [0.5, 0.6) is 0 Å². The molecule has 22 heavy (non-hydrogen) atoms. The number of halogens is 2. The molecule has 6 heteroatoms. The minimum Gasteiger partial charge on any atom is -0.444 e. The Morgan fingerprint density at radius 2 is 2.14 bits per heavy atom. The lowest BCUT2D eigenvalue weighted by Crippen LogP contribution is -2.63. The van der Waals surface area contributed by atoms with E-state index in [0.29, 0.717) is 12.0 Å². The van der Waals surface area contributed by atoms with Gasteiger partial charge in [0.15, 0.2) is 0 Å². The Kier molecular flexibility index (Phi) is 4.66. The first-order valence-electron chi connectivity index (χ1n) is 6.95. The van der Waals surface area contributed by atoms with Gasteiger partial charge in [-0.25, -0.2) is 15.8 Å². The van der Waals surface area contributed by atoms with Crippen molar-refractivity contribution in [1.29, 1.82) is 0 Å². The predicted octanol–water partition coefficient (Wildman–Crippen LogP) is 3.88. The summed E-state index contributed by atoms with van der Waals surface area (Å²) in [7, 11) is 0. The third-order valence-corrected chi connectivity index (χ3v) is 4.44. The van der Waals surface area contributed by atoms with Crippen LogP contribution in [0.15, 0.2) is 18.2 Å². The minimum absolute atomic E-state index is 0.274. The van der Waals surface area contributed by atoms with Gasteiger partial charge in [0, 0.05) is 9.13 Å². The highest BCUT2D eigenvalue weighted by molar-refractivity contribution is 14.1. The second-order valence-electron chi connectivity index (χ2n) is 6.55. The number of nitrogens with zero attached hydrogens (tertiary/aromatic N) is 2. The predicted molar refractivity (Wildman–Crippen MR) is 90.0 cm³/mol. The van der Waals surface area contributed by atoms with Crippen molar-refractivity contribution >= 4 is 28.7 Å². The van der Waals surface area contributed by atoms with Gasteiger partial charge in [0.25, 0.3) is 5.54 Å². The molecule has 0 aromatic heterocycles. The summed E-state index contributed by atoms with van der Waals surface area (Å²) in [6, 6.07) is 4.87. The van der Waals surface area contributed by atoms with Crippen molar-refractivity contribution in [3.8, 4) is 0 Å². The SMILES string of the molecule is [C-]#[N+]C1(Cc2c(F)cccc2I)CN(C(=O)OC(C)(C)C)C1. The molecule has 4 nitrogen and oxygen atoms in total. The highest BCUT2D eigenvalue weighted by Crippen LogP contribution is 2.33. The molecule has 1 fully saturated rings. The molecule has 0 aliphatic carbocycles. The van der Waals surface area contributed by atoms with E-state index in [1.54, 1.807) is 26.8 Å². The van der Waals surface area contributed by atoms with Gasteiger partial charge in [-0.05, 0) is 55.5 Å². The molecule has 1 aliphatic heterocycles. The largest absolute Gasteiger partial charge is 0.444 e. The zero-order valence-corrected chi connectivity index (χ0v) is 15.0. The standard InChI is InChI=1S/C16H18FIN2O2/c1-15(2,3)22-14(21)20-9-16(10-20,19-4)8-11-12(17)6-5-7-13(11)18/h5-7H,8-10H2,1-3H3. The summed E-state index contributed by atoms with van der Waals surface area (Å²) in [5.41, 5.74) is -0.768. The fraction of sp³-hybridized carbons (Fsp3) is 0.500. The van der Waals surface area contributed by atoms with Crippen LogP contribution in [-0.4, -0.2) is 35.2 Å². The van der Waals surface area contributed by atoms with E-state index >= 15 is 0 Å². The van der Waals surface area contributed by atoms with E-state index < -0.39 is 17.2 Å². The lowest BCUT2D eigenvalue weighted by molar-refractivity contribution is -0.00142. The number of hydrogen-bond donors (Lipinski definition) is 0. The number of amides is 1. The number of rotatable bonds is 2. The lowest BCUT2D eigenvalue weighted by atomic mass is 9.84. The molecule has 0 bridgehead atoms. The van der Waals surface area contributed by atoms with Gasteiger partial charge in [0.2, 0.25) is 0 Å². The number of likely N-dealkylation sites (tertiary alicyclic amines) is 1. The van der Waals surface area contributed by atoms with E-state index in [1.165, 1.54) is 11.0 Å². The molecule has 0 N–H and O–H groups in total. The molecule has 0 saturated carbocycles. The van der Waals surface area contributed by atoms with Crippen molar-refractivity contribution < 1.29 is 13.9 Å². The third kappa shape index (κ3) is 3.69. The molecule has 2 rings (SSSR count). The smallest absolute Gasteiger partial charge is 0.410 e. The van der Waals surface area contributed by atoms with E-state index in [1.807, 2.05) is 6.07 Å². The molecule has 0 radical (unpaired) electrons. The second kappa shape index (κ2) is 6.03. The zero-order valence-electron chi connectivity index (χ0n) is 12.8. The van der Waals surface area contributed by atoms with Crippen LogP contribution >= 0.6 is 22.6 Å². The van der Waals surface area contributed by atoms with Crippen molar-refractivity contribution in [2.24, 2.45) is 0 Å². The van der Waals surface area contributed by atoms with Crippen molar-refractivity contribution in [1.82, 2.24) is 4.90 Å². The third-order valence-electron chi connectivity index (χ3n) is 3.43. The number of carbonyl (C=O) groups is 1. The minimum atomic E-state index is -0.751. The van der Waals surface area contributed by atoms with E-state index in [2.05, 4.69) is 27.4 Å². The van der Waals surface area contributed by atoms with Crippen LogP contribution < -0.4 is 0 Å². The summed E-state index contributed by atoms with van der Waals surface area (Å²) in [5, 5.41) is 0. The Morgan fingerprint density at radius 1 is 1.50 bits per heavy atom. The number of carbonyl (C=O) groups excluding carboxylic acids is 1. The van der Waals surface area contributed by atoms with Crippen LogP contribution in [0.2, 0.25) is 0 Å². The van der Waals surface area contributed by atoms with Crippen LogP contribution in [0, 0.1) is 16.0 Å². The summed E-state index contributed by atoms with van der Waals surface area (Å²) in [5.74, 6) is -0.300. The fourth-order valence-electron chi connectivity index (χ4n) is 2.37. The Balaban J connectivity index is 2.06. The molecule has 0 spiro atoms. The second-order valence-corrected chi connectivity index (χ2v) is 7.71. The van der Waals surface area contributed by atoms with Crippen LogP contribution in [0.4, 0.5) is 9.18 Å². The van der Waals surface area contributed by atoms with Crippen LogP contribution in [0.1, 0.15) is 26.3 Å². The summed E-state index contributed by atoms with van der Waals surface area (Å²) < 4.78 is 20.0. The van der Waals surface area contributed by atoms with Gasteiger partial charge in [-0.2, -0.15) is 0 Å². The average molecular weight is 416 g/mol. The van der Waals surface area contributed by atoms with Gasteiger partial charge < -0.3 is 9.58 Å². The number of hydrogen-bond acceptors (Lipinski definition) is 2. The van der Waals surface area contributed by atoms with Crippen LogP contribution in [0.3, 0.4) is 0 Å². The van der Waals surface area contributed by atoms with E-state index in [-0.39, 0.29) is 18.9 Å². The molecular weight excluding hydrogens is 398 g/mol. The van der Waals surface area contributed by atoms with Crippen LogP contribution in [0.25, 0.3) is 4.85 Å². The Morgan fingerprint density at radius 3 is 2.64 bits per heavy atom. The molecule has 1 aromatic rings. The fourth-order valence-corrected chi connectivity index (χ4v) is 3.03. The van der Waals surface area contributed by atoms with Crippen LogP contribution in [-0.2, 0) is 11.2 Å². The maximum absolute atomic E-state index is 13.9. The van der Waals surface area contributed by atoms with Gasteiger partial charge >= 0.3 is 6.09 Å². The molecule has 1 amide bonds. The molecule has 0 unspecified atom stereocenters. The van der Waals surface area contributed by atoms with Gasteiger partial charge in [-0.1, -0.05) is 6.07 Å². The zero-order chi connectivity index (χ0) is 16.5. The molecular formula is C16H18FIN2O2. The van der Waals surface area contributed by atoms with E-state index in [0.717, 1.165) is 3.57 Å². The van der Waals surface area contributed by atoms with Gasteiger partial charge in [-0.3, -0.25) is 4.90 Å². The highest BCUT2D eigenvalue weighted by atomic mass is 127. The Labute approximate surface area is 143 Å². The maximum Gasteiger partial charge on any atom is 0.410 e. The Bertz CT molecular complexity index is 608. The van der Waals surface area contributed by atoms with Crippen molar-refractivity contribution in [2.75, 3.05) is 13.1 Å². The maximum atomic E-state index is 13.9. The quantitative estimate of drug-likeness (QED) is 0.542. The molecule has 0 atom stereocenters. The number of ether oxygens (including phenoxy) is 1. The van der Waals surface area contributed by atoms with Crippen molar-refractivity contribution in [3.05, 3.63) is 44.6 Å². The summed E-state index contributed by atoms with van der Waals surface area (Å²) in [4.78, 5) is 17.1. The summed E-state index contributed by atoms with van der Waals surface area (Å²) >= 11 is 2.07. The van der Waals surface area contributed by atoms with E-state index in [4.69, 9.17) is 11.3 Å². The Hall–Kier alpha value is -1.36. The first kappa shape index (κ1) is 17.0. The van der Waals surface area contributed by atoms with E-state index in [9.17, 15) is 9.18 Å². The van der Waals surface area contributed by atoms with Crippen molar-refractivity contribution in [3.63, 3.8) is 0 Å². The first-order valence-corrected chi connectivity index (χ1v) is 8.03. The van der Waals surface area contributed by atoms with Gasteiger partial charge in [-0.15, -0.1) is 0 Å². The first-order chi connectivity index (χ1) is 10.2. The summed E-state index contributed by atoms with van der Waals surface area (Å²) in [6.45, 7) is 13.4. The monoisotopic (exact) mass is 416 g/mol. The topological polar surface area (TPSA) is 33.9 Å². The van der Waals surface area contributed by atoms with Gasteiger partial charge in [0.05, 0.1) is 6.42 Å². The molecule has 1 aliphatic rings. The normalized spacial score (nSPS) is 16.6. The summed E-state index contributed by atoms with van der Waals surface area (Å²) in [6.07, 6.45) is -0.115. The molecule has 118 valence electrons. The molecule has 1 heterocycles. The molecule has 1 saturated heterocycles. The van der Waals surface area contributed by atoms with Gasteiger partial charge in [0.1, 0.15) is 24.5 Å². The lowest BCUT2D eigenvalue weighted by Gasteiger charge is -2.41. The highest BCUT2D eigenvalue weighted by Gasteiger charge is 2.53.